The first kappa shape index (κ1) is 21.1. The van der Waals surface area contributed by atoms with Gasteiger partial charge in [0.05, 0.1) is 44.1 Å². The van der Waals surface area contributed by atoms with E-state index in [-0.39, 0.29) is 0 Å². The van der Waals surface area contributed by atoms with Gasteiger partial charge >= 0.3 is 0 Å². The Hall–Kier alpha value is -4.12. The van der Waals surface area contributed by atoms with E-state index in [0.29, 0.717) is 0 Å². The highest BCUT2D eigenvalue weighted by Gasteiger charge is 2.21. The molecule has 0 aromatic heterocycles. The van der Waals surface area contributed by atoms with Crippen molar-refractivity contribution in [2.75, 3.05) is 31.3 Å². The van der Waals surface area contributed by atoms with Crippen LogP contribution in [0.2, 0.25) is 0 Å². The summed E-state index contributed by atoms with van der Waals surface area (Å²) in [7, 11) is 5.01. The van der Waals surface area contributed by atoms with Crippen LogP contribution in [0.15, 0.2) is 103 Å². The Bertz CT molecular complexity index is 1060. The minimum Gasteiger partial charge on any atom is -0.497 e. The SMILES string of the molecule is COc1ccc(N(c2ccccc2)N(c2ccc(OC)cc2)c2ccc(OC)cc2)cc1. The molecule has 0 saturated heterocycles. The van der Waals surface area contributed by atoms with E-state index in [1.165, 1.54) is 0 Å². The molecule has 0 bridgehead atoms. The maximum atomic E-state index is 5.38. The van der Waals surface area contributed by atoms with Gasteiger partial charge in [0, 0.05) is 0 Å². The Kier molecular flexibility index (Phi) is 6.46. The molecule has 0 unspecified atom stereocenters. The molecule has 0 aliphatic rings. The van der Waals surface area contributed by atoms with Crippen molar-refractivity contribution in [3.8, 4) is 17.2 Å². The van der Waals surface area contributed by atoms with Crippen LogP contribution >= 0.6 is 0 Å². The molecule has 0 fully saturated rings. The van der Waals surface area contributed by atoms with Crippen molar-refractivity contribution in [2.24, 2.45) is 0 Å². The minimum atomic E-state index is 0.805. The summed E-state index contributed by atoms with van der Waals surface area (Å²) >= 11 is 0. The van der Waals surface area contributed by atoms with E-state index < -0.39 is 0 Å². The molecule has 4 aromatic rings. The van der Waals surface area contributed by atoms with Crippen molar-refractivity contribution >= 4 is 22.7 Å². The minimum absolute atomic E-state index is 0.805. The molecule has 0 aliphatic carbocycles. The highest BCUT2D eigenvalue weighted by atomic mass is 16.5. The second-order valence-corrected chi connectivity index (χ2v) is 7.05. The average molecular weight is 427 g/mol. The van der Waals surface area contributed by atoms with Gasteiger partial charge in [-0.1, -0.05) is 18.2 Å². The van der Waals surface area contributed by atoms with Crippen LogP contribution in [0.4, 0.5) is 22.7 Å². The Morgan fingerprint density at radius 1 is 0.375 bits per heavy atom. The Morgan fingerprint density at radius 3 is 0.938 bits per heavy atom. The van der Waals surface area contributed by atoms with Crippen LogP contribution in [0.5, 0.6) is 17.2 Å². The van der Waals surface area contributed by atoms with Gasteiger partial charge in [0.15, 0.2) is 0 Å². The summed E-state index contributed by atoms with van der Waals surface area (Å²) in [6, 6.07) is 34.3. The number of hydrogen-bond acceptors (Lipinski definition) is 5. The van der Waals surface area contributed by atoms with Gasteiger partial charge in [-0.2, -0.15) is 0 Å². The third-order valence-electron chi connectivity index (χ3n) is 5.15. The first-order chi connectivity index (χ1) is 15.7. The lowest BCUT2D eigenvalue weighted by Gasteiger charge is -2.38. The van der Waals surface area contributed by atoms with E-state index in [4.69, 9.17) is 14.2 Å². The van der Waals surface area contributed by atoms with Gasteiger partial charge in [-0.15, -0.1) is 0 Å². The Morgan fingerprint density at radius 2 is 0.656 bits per heavy atom. The van der Waals surface area contributed by atoms with Gasteiger partial charge in [0.2, 0.25) is 0 Å². The van der Waals surface area contributed by atoms with Crippen LogP contribution < -0.4 is 24.2 Å². The standard InChI is InChI=1S/C27H26N2O3/c1-30-25-15-9-22(10-16-25)28(21-7-5-4-6-8-21)29(23-11-17-26(31-2)18-12-23)24-13-19-27(32-3)20-14-24/h4-20H,1-3H3. The van der Waals surface area contributed by atoms with Crippen molar-refractivity contribution in [3.05, 3.63) is 103 Å². The molecule has 0 N–H and O–H groups in total. The molecule has 32 heavy (non-hydrogen) atoms. The topological polar surface area (TPSA) is 34.2 Å². The molecule has 0 amide bonds. The fourth-order valence-electron chi connectivity index (χ4n) is 3.50. The molecule has 0 spiro atoms. The third kappa shape index (κ3) is 4.47. The number of benzene rings is 4. The van der Waals surface area contributed by atoms with E-state index in [1.807, 2.05) is 91.0 Å². The molecular formula is C27H26N2O3. The Labute approximate surface area is 189 Å². The molecule has 4 rings (SSSR count). The number of methoxy groups -OCH3 is 3. The van der Waals surface area contributed by atoms with Gasteiger partial charge in [-0.25, -0.2) is 10.0 Å². The molecule has 0 saturated carbocycles. The lowest BCUT2D eigenvalue weighted by atomic mass is 10.2. The van der Waals surface area contributed by atoms with Crippen LogP contribution in [-0.2, 0) is 0 Å². The number of ether oxygens (including phenoxy) is 3. The summed E-state index contributed by atoms with van der Waals surface area (Å²) in [5.41, 5.74) is 3.97. The molecule has 0 heterocycles. The van der Waals surface area contributed by atoms with Crippen LogP contribution in [0.3, 0.4) is 0 Å². The molecule has 0 aliphatic heterocycles. The monoisotopic (exact) mass is 426 g/mol. The van der Waals surface area contributed by atoms with E-state index in [2.05, 4.69) is 22.2 Å². The van der Waals surface area contributed by atoms with Crippen molar-refractivity contribution in [3.63, 3.8) is 0 Å². The summed E-state index contributed by atoms with van der Waals surface area (Å²) in [6.45, 7) is 0. The normalized spacial score (nSPS) is 10.3. The molecule has 5 nitrogen and oxygen atoms in total. The number of rotatable bonds is 8. The largest absolute Gasteiger partial charge is 0.497 e. The predicted molar refractivity (Wildman–Crippen MR) is 130 cm³/mol. The van der Waals surface area contributed by atoms with Crippen LogP contribution in [0, 0.1) is 0 Å². The van der Waals surface area contributed by atoms with Crippen molar-refractivity contribution in [1.82, 2.24) is 0 Å². The van der Waals surface area contributed by atoms with Crippen molar-refractivity contribution in [2.45, 2.75) is 0 Å². The lowest BCUT2D eigenvalue weighted by Crippen LogP contribution is -2.35. The number of hydrogen-bond donors (Lipinski definition) is 0. The molecular weight excluding hydrogens is 400 g/mol. The summed E-state index contributed by atoms with van der Waals surface area (Å²) in [5, 5.41) is 4.33. The first-order valence-electron chi connectivity index (χ1n) is 10.3. The number of para-hydroxylation sites is 1. The average Bonchev–Trinajstić information content (AvgIpc) is 2.88. The fraction of sp³-hybridized carbons (Fsp3) is 0.111. The zero-order valence-electron chi connectivity index (χ0n) is 18.4. The van der Waals surface area contributed by atoms with Gasteiger partial charge in [0.1, 0.15) is 17.2 Å². The quantitative estimate of drug-likeness (QED) is 0.296. The highest BCUT2D eigenvalue weighted by molar-refractivity contribution is 5.77. The summed E-state index contributed by atoms with van der Waals surface area (Å²) in [5.74, 6) is 2.42. The van der Waals surface area contributed by atoms with Gasteiger partial charge in [0.25, 0.3) is 0 Å². The summed E-state index contributed by atoms with van der Waals surface area (Å²) < 4.78 is 16.1. The van der Waals surface area contributed by atoms with Crippen molar-refractivity contribution in [1.29, 1.82) is 0 Å². The molecule has 5 heteroatoms. The van der Waals surface area contributed by atoms with Gasteiger partial charge in [-0.3, -0.25) is 0 Å². The highest BCUT2D eigenvalue weighted by Crippen LogP contribution is 2.38. The zero-order valence-corrected chi connectivity index (χ0v) is 18.4. The smallest absolute Gasteiger partial charge is 0.119 e. The number of anilines is 4. The molecule has 4 aromatic carbocycles. The fourth-order valence-corrected chi connectivity index (χ4v) is 3.50. The van der Waals surface area contributed by atoms with Gasteiger partial charge < -0.3 is 14.2 Å². The summed E-state index contributed by atoms with van der Waals surface area (Å²) in [4.78, 5) is 0. The summed E-state index contributed by atoms with van der Waals surface area (Å²) in [6.07, 6.45) is 0. The Balaban J connectivity index is 1.89. The molecule has 0 atom stereocenters. The van der Waals surface area contributed by atoms with E-state index in [1.54, 1.807) is 21.3 Å². The van der Waals surface area contributed by atoms with Crippen LogP contribution in [-0.4, -0.2) is 21.3 Å². The third-order valence-corrected chi connectivity index (χ3v) is 5.15. The maximum absolute atomic E-state index is 5.38. The predicted octanol–water partition coefficient (Wildman–Crippen LogP) is 6.60. The van der Waals surface area contributed by atoms with Crippen LogP contribution in [0.1, 0.15) is 0 Å². The molecule has 0 radical (unpaired) electrons. The second-order valence-electron chi connectivity index (χ2n) is 7.05. The lowest BCUT2D eigenvalue weighted by molar-refractivity contribution is 0.414. The van der Waals surface area contributed by atoms with E-state index >= 15 is 0 Å². The number of nitrogens with zero attached hydrogens (tertiary/aromatic N) is 2. The van der Waals surface area contributed by atoms with E-state index in [9.17, 15) is 0 Å². The second kappa shape index (κ2) is 9.79. The maximum Gasteiger partial charge on any atom is 0.119 e. The van der Waals surface area contributed by atoms with Crippen molar-refractivity contribution < 1.29 is 14.2 Å². The van der Waals surface area contributed by atoms with E-state index in [0.717, 1.165) is 40.0 Å². The number of hydrazine groups is 1. The van der Waals surface area contributed by atoms with Gasteiger partial charge in [-0.05, 0) is 84.9 Å². The zero-order chi connectivity index (χ0) is 22.3. The first-order valence-corrected chi connectivity index (χ1v) is 10.3. The van der Waals surface area contributed by atoms with Crippen LogP contribution in [0.25, 0.3) is 0 Å². The molecule has 162 valence electrons.